The Balaban J connectivity index is 2.48. The van der Waals surface area contributed by atoms with Gasteiger partial charge in [0.1, 0.15) is 17.3 Å². The molecule has 0 saturated carbocycles. The normalized spacial score (nSPS) is 10.6. The second-order valence-corrected chi connectivity index (χ2v) is 4.17. The van der Waals surface area contributed by atoms with Crippen molar-refractivity contribution in [3.8, 4) is 11.4 Å². The van der Waals surface area contributed by atoms with E-state index in [0.717, 1.165) is 30.7 Å². The van der Waals surface area contributed by atoms with Gasteiger partial charge in [-0.05, 0) is 12.5 Å². The van der Waals surface area contributed by atoms with Crippen molar-refractivity contribution in [2.45, 2.75) is 19.8 Å². The fraction of sp³-hybridized carbons (Fsp3) is 0.250. The third kappa shape index (κ3) is 2.55. The van der Waals surface area contributed by atoms with E-state index in [1.807, 2.05) is 13.0 Å². The van der Waals surface area contributed by atoms with Gasteiger partial charge in [-0.3, -0.25) is 0 Å². The van der Waals surface area contributed by atoms with Crippen molar-refractivity contribution in [2.75, 3.05) is 0 Å². The second kappa shape index (κ2) is 5.51. The quantitative estimate of drug-likeness (QED) is 0.793. The van der Waals surface area contributed by atoms with Crippen molar-refractivity contribution in [3.63, 3.8) is 0 Å². The predicted octanol–water partition coefficient (Wildman–Crippen LogP) is 2.30. The summed E-state index contributed by atoms with van der Waals surface area (Å²) < 4.78 is 33.3. The Hall–Kier alpha value is -1.38. The lowest BCUT2D eigenvalue weighted by Gasteiger charge is -2.11. The molecule has 1 aromatic heterocycles. The molecule has 0 atom stereocenters. The predicted molar refractivity (Wildman–Crippen MR) is 65.3 cm³/mol. The average molecular weight is 265 g/mol. The molecular formula is C12H12AlF2N2O. The molecule has 1 heterocycles. The first kappa shape index (κ1) is 13.1. The van der Waals surface area contributed by atoms with Crippen LogP contribution in [0.2, 0.25) is 0 Å². The van der Waals surface area contributed by atoms with Crippen LogP contribution in [0.25, 0.3) is 5.69 Å². The topological polar surface area (TPSA) is 27.1 Å². The highest BCUT2D eigenvalue weighted by molar-refractivity contribution is 6.00. The molecule has 2 rings (SSSR count). The van der Waals surface area contributed by atoms with Gasteiger partial charge in [0.25, 0.3) is 0 Å². The zero-order valence-electron chi connectivity index (χ0n) is 9.99. The molecule has 1 aromatic carbocycles. The van der Waals surface area contributed by atoms with Gasteiger partial charge >= 0.3 is 16.6 Å². The van der Waals surface area contributed by atoms with Crippen LogP contribution in [0.3, 0.4) is 0 Å². The smallest absolute Gasteiger partial charge is 0.494 e. The molecule has 0 aliphatic carbocycles. The van der Waals surface area contributed by atoms with E-state index < -0.39 is 11.6 Å². The first-order chi connectivity index (χ1) is 8.65. The van der Waals surface area contributed by atoms with Crippen molar-refractivity contribution >= 4 is 16.6 Å². The van der Waals surface area contributed by atoms with Crippen LogP contribution in [-0.2, 0) is 6.42 Å². The number of hydrogen-bond donors (Lipinski definition) is 0. The minimum atomic E-state index is -0.692. The van der Waals surface area contributed by atoms with Crippen LogP contribution in [0.4, 0.5) is 8.78 Å². The molecule has 0 unspecified atom stereocenters. The number of halogens is 2. The van der Waals surface area contributed by atoms with Gasteiger partial charge in [0, 0.05) is 18.3 Å². The highest BCUT2D eigenvalue weighted by Gasteiger charge is 2.14. The Kier molecular flexibility index (Phi) is 4.00. The molecule has 0 aliphatic heterocycles. The number of aromatic nitrogens is 2. The van der Waals surface area contributed by atoms with Crippen molar-refractivity contribution in [2.24, 2.45) is 0 Å². The molecule has 0 saturated heterocycles. The van der Waals surface area contributed by atoms with E-state index in [2.05, 4.69) is 5.10 Å². The van der Waals surface area contributed by atoms with Gasteiger partial charge in [-0.2, -0.15) is 5.10 Å². The number of hydrogen-bond acceptors (Lipinski definition) is 2. The summed E-state index contributed by atoms with van der Waals surface area (Å²) in [6.07, 6.45) is 3.42. The van der Waals surface area contributed by atoms with Crippen molar-refractivity contribution in [1.82, 2.24) is 9.78 Å². The van der Waals surface area contributed by atoms with Gasteiger partial charge in [-0.1, -0.05) is 13.3 Å². The van der Waals surface area contributed by atoms with Crippen LogP contribution in [0.1, 0.15) is 19.0 Å². The van der Waals surface area contributed by atoms with Gasteiger partial charge in [0.2, 0.25) is 0 Å². The van der Waals surface area contributed by atoms with E-state index in [9.17, 15) is 8.78 Å². The highest BCUT2D eigenvalue weighted by Crippen LogP contribution is 2.26. The Morgan fingerprint density at radius 1 is 1.39 bits per heavy atom. The van der Waals surface area contributed by atoms with Crippen molar-refractivity contribution < 1.29 is 12.6 Å². The number of rotatable bonds is 4. The molecule has 18 heavy (non-hydrogen) atoms. The number of nitrogens with zero attached hydrogens (tertiary/aromatic N) is 2. The maximum absolute atomic E-state index is 13.8. The lowest BCUT2D eigenvalue weighted by atomic mass is 10.2. The largest absolute Gasteiger partial charge is 0.649 e. The van der Waals surface area contributed by atoms with Gasteiger partial charge in [0.05, 0.1) is 5.69 Å². The van der Waals surface area contributed by atoms with E-state index >= 15 is 0 Å². The molecule has 0 fully saturated rings. The zero-order valence-corrected chi connectivity index (χ0v) is 11.4. The Morgan fingerprint density at radius 2 is 2.17 bits per heavy atom. The molecule has 0 bridgehead atoms. The van der Waals surface area contributed by atoms with Gasteiger partial charge in [0.15, 0.2) is 5.82 Å². The molecule has 93 valence electrons. The van der Waals surface area contributed by atoms with E-state index in [-0.39, 0.29) is 11.4 Å². The van der Waals surface area contributed by atoms with Crippen LogP contribution in [0, 0.1) is 11.6 Å². The fourth-order valence-corrected chi connectivity index (χ4v) is 1.97. The Labute approximate surface area is 112 Å². The van der Waals surface area contributed by atoms with E-state index in [0.29, 0.717) is 0 Å². The third-order valence-corrected chi connectivity index (χ3v) is 2.84. The van der Waals surface area contributed by atoms with Crippen LogP contribution in [0.15, 0.2) is 24.4 Å². The molecule has 6 heteroatoms. The molecule has 2 aromatic rings. The first-order valence-corrected chi connectivity index (χ1v) is 6.19. The molecule has 0 aliphatic rings. The molecule has 0 N–H and O–H groups in total. The summed E-state index contributed by atoms with van der Waals surface area (Å²) in [5.74, 6) is -1.22. The molecule has 0 spiro atoms. The monoisotopic (exact) mass is 265 g/mol. The maximum atomic E-state index is 13.8. The first-order valence-electron chi connectivity index (χ1n) is 5.61. The summed E-state index contributed by atoms with van der Waals surface area (Å²) in [7, 11) is 0. The maximum Gasteiger partial charge on any atom is 0.494 e. The summed E-state index contributed by atoms with van der Waals surface area (Å²) in [5, 5.41) is 4.25. The minimum absolute atomic E-state index is 0.133. The van der Waals surface area contributed by atoms with Crippen LogP contribution >= 0.6 is 0 Å². The summed E-state index contributed by atoms with van der Waals surface area (Å²) in [6.45, 7) is 2.04. The highest BCUT2D eigenvalue weighted by atomic mass is 27.1. The van der Waals surface area contributed by atoms with Crippen LogP contribution in [0.5, 0.6) is 5.75 Å². The van der Waals surface area contributed by atoms with E-state index in [1.165, 1.54) is 21.3 Å². The fourth-order valence-electron chi connectivity index (χ4n) is 1.75. The van der Waals surface area contributed by atoms with Crippen molar-refractivity contribution in [3.05, 3.63) is 41.7 Å². The molecule has 1 radical (unpaired) electrons. The summed E-state index contributed by atoms with van der Waals surface area (Å²) in [6, 6.07) is 3.78. The zero-order chi connectivity index (χ0) is 13.1. The number of benzene rings is 1. The lowest BCUT2D eigenvalue weighted by molar-refractivity contribution is 0.537. The molecular weight excluding hydrogens is 253 g/mol. The summed E-state index contributed by atoms with van der Waals surface area (Å²) >= 11 is 1.17. The van der Waals surface area contributed by atoms with Gasteiger partial charge < -0.3 is 3.79 Å². The number of aryl methyl sites for hydroxylation is 1. The lowest BCUT2D eigenvalue weighted by Crippen LogP contribution is -2.04. The third-order valence-electron chi connectivity index (χ3n) is 2.53. The summed E-state index contributed by atoms with van der Waals surface area (Å²) in [4.78, 5) is 0. The average Bonchev–Trinajstić information content (AvgIpc) is 2.76. The Bertz CT molecular complexity index is 557. The standard InChI is InChI=1S/C12H12F2N2O.Al.H/c1-2-3-9-4-5-16(15-9)12-10(14)6-8(13)7-11(12)17;;/h4-7,17H,2-3H2,1H3;;/q;+1;/p-1. The molecule has 3 nitrogen and oxygen atoms in total. The van der Waals surface area contributed by atoms with Gasteiger partial charge in [-0.25, -0.2) is 13.5 Å². The van der Waals surface area contributed by atoms with Crippen LogP contribution < -0.4 is 3.79 Å². The van der Waals surface area contributed by atoms with Crippen molar-refractivity contribution in [1.29, 1.82) is 0 Å². The molecule has 0 amide bonds. The van der Waals surface area contributed by atoms with E-state index in [4.69, 9.17) is 3.79 Å². The van der Waals surface area contributed by atoms with E-state index in [1.54, 1.807) is 6.20 Å². The Morgan fingerprint density at radius 3 is 2.83 bits per heavy atom. The van der Waals surface area contributed by atoms with Crippen LogP contribution in [-0.4, -0.2) is 26.4 Å². The van der Waals surface area contributed by atoms with Gasteiger partial charge in [-0.15, -0.1) is 0 Å². The second-order valence-electron chi connectivity index (χ2n) is 3.88. The summed E-state index contributed by atoms with van der Waals surface area (Å²) in [5.41, 5.74) is 1.000. The SMILES string of the molecule is CCCc1ccn(-c2c(F)cc(F)cc2[O][AlH])n1. The minimum Gasteiger partial charge on any atom is -0.649 e.